The summed E-state index contributed by atoms with van der Waals surface area (Å²) in [6, 6.07) is 9.81. The normalized spacial score (nSPS) is 10.9. The third-order valence-corrected chi connectivity index (χ3v) is 2.37. The molecule has 0 aliphatic carbocycles. The quantitative estimate of drug-likeness (QED) is 0.738. The van der Waals surface area contributed by atoms with Crippen molar-refractivity contribution in [2.45, 2.75) is 6.92 Å². The smallest absolute Gasteiger partial charge is 0.144 e. The van der Waals surface area contributed by atoms with Crippen LogP contribution in [-0.4, -0.2) is 17.4 Å². The molecule has 0 atom stereocenters. The van der Waals surface area contributed by atoms with Crippen LogP contribution in [0.5, 0.6) is 5.75 Å². The van der Waals surface area contributed by atoms with E-state index in [1.807, 2.05) is 67.5 Å². The van der Waals surface area contributed by atoms with Crippen LogP contribution in [0.4, 0.5) is 5.69 Å². The Balaban J connectivity index is 2.20. The lowest BCUT2D eigenvalue weighted by Crippen LogP contribution is -1.91. The van der Waals surface area contributed by atoms with Crippen molar-refractivity contribution in [3.63, 3.8) is 0 Å². The van der Waals surface area contributed by atoms with Gasteiger partial charge in [0.25, 0.3) is 0 Å². The zero-order chi connectivity index (χ0) is 12.1. The molecule has 1 aromatic heterocycles. The van der Waals surface area contributed by atoms with Crippen LogP contribution < -0.4 is 4.74 Å². The topological polar surface area (TPSA) is 26.5 Å². The number of hydrogen-bond acceptors (Lipinski definition) is 2. The predicted molar refractivity (Wildman–Crippen MR) is 70.3 cm³/mol. The predicted octanol–water partition coefficient (Wildman–Crippen LogP) is 3.17. The zero-order valence-electron chi connectivity index (χ0n) is 10.1. The summed E-state index contributed by atoms with van der Waals surface area (Å²) in [6.07, 6.45) is 5.86. The highest BCUT2D eigenvalue weighted by Crippen LogP contribution is 2.26. The number of benzene rings is 1. The van der Waals surface area contributed by atoms with Gasteiger partial charge in [-0.05, 0) is 25.1 Å². The minimum Gasteiger partial charge on any atom is -0.492 e. The van der Waals surface area contributed by atoms with Crippen LogP contribution in [0.15, 0.2) is 47.7 Å². The Morgan fingerprint density at radius 3 is 2.82 bits per heavy atom. The van der Waals surface area contributed by atoms with Gasteiger partial charge in [-0.25, -0.2) is 0 Å². The second-order valence-electron chi connectivity index (χ2n) is 3.77. The summed E-state index contributed by atoms with van der Waals surface area (Å²) in [6.45, 7) is 2.62. The molecule has 0 aliphatic heterocycles. The van der Waals surface area contributed by atoms with E-state index in [0.717, 1.165) is 17.0 Å². The molecule has 0 unspecified atom stereocenters. The van der Waals surface area contributed by atoms with Gasteiger partial charge in [0.2, 0.25) is 0 Å². The van der Waals surface area contributed by atoms with Crippen LogP contribution in [0.2, 0.25) is 0 Å². The molecular weight excluding hydrogens is 212 g/mol. The molecule has 0 spiro atoms. The molecule has 17 heavy (non-hydrogen) atoms. The number of para-hydroxylation sites is 2. The molecule has 1 heterocycles. The fourth-order valence-corrected chi connectivity index (χ4v) is 1.59. The molecule has 3 nitrogen and oxygen atoms in total. The lowest BCUT2D eigenvalue weighted by atomic mass is 10.3. The van der Waals surface area contributed by atoms with Gasteiger partial charge in [-0.15, -0.1) is 0 Å². The molecule has 0 bridgehead atoms. The lowest BCUT2D eigenvalue weighted by molar-refractivity contribution is 0.341. The van der Waals surface area contributed by atoms with E-state index in [0.29, 0.717) is 6.61 Å². The van der Waals surface area contributed by atoms with Gasteiger partial charge in [-0.3, -0.25) is 4.99 Å². The molecule has 0 saturated heterocycles. The second-order valence-corrected chi connectivity index (χ2v) is 3.77. The standard InChI is InChI=1S/C14H16N2O/c1-3-17-14-7-5-4-6-13(14)15-10-12-8-9-16(2)11-12/h4-11H,3H2,1-2H3. The molecule has 0 aliphatic rings. The van der Waals surface area contributed by atoms with Gasteiger partial charge in [0.1, 0.15) is 11.4 Å². The zero-order valence-corrected chi connectivity index (χ0v) is 10.1. The highest BCUT2D eigenvalue weighted by atomic mass is 16.5. The summed E-state index contributed by atoms with van der Waals surface area (Å²) in [5.74, 6) is 0.821. The third kappa shape index (κ3) is 2.97. The molecular formula is C14H16N2O. The number of ether oxygens (including phenoxy) is 1. The molecule has 0 fully saturated rings. The minimum atomic E-state index is 0.651. The molecule has 88 valence electrons. The van der Waals surface area contributed by atoms with Crippen LogP contribution in [0.25, 0.3) is 0 Å². The fraction of sp³-hybridized carbons (Fsp3) is 0.214. The first-order chi connectivity index (χ1) is 8.29. The van der Waals surface area contributed by atoms with E-state index in [1.165, 1.54) is 0 Å². The number of rotatable bonds is 4. The number of aryl methyl sites for hydroxylation is 1. The monoisotopic (exact) mass is 228 g/mol. The summed E-state index contributed by atoms with van der Waals surface area (Å²) in [5.41, 5.74) is 1.94. The lowest BCUT2D eigenvalue weighted by Gasteiger charge is -2.05. The summed E-state index contributed by atoms with van der Waals surface area (Å²) in [5, 5.41) is 0. The Kier molecular flexibility index (Phi) is 3.60. The van der Waals surface area contributed by atoms with Gasteiger partial charge in [0, 0.05) is 31.2 Å². The molecule has 0 N–H and O–H groups in total. The summed E-state index contributed by atoms with van der Waals surface area (Å²) < 4.78 is 7.51. The SMILES string of the molecule is CCOc1ccccc1N=Cc1ccn(C)c1. The Morgan fingerprint density at radius 1 is 1.29 bits per heavy atom. The van der Waals surface area contributed by atoms with Crippen LogP contribution in [0, 0.1) is 0 Å². The molecule has 0 saturated carbocycles. The number of aromatic nitrogens is 1. The highest BCUT2D eigenvalue weighted by molar-refractivity contribution is 5.82. The largest absolute Gasteiger partial charge is 0.492 e. The Labute approximate surface area is 101 Å². The maximum atomic E-state index is 5.51. The first-order valence-corrected chi connectivity index (χ1v) is 5.67. The van der Waals surface area contributed by atoms with Gasteiger partial charge in [0.05, 0.1) is 6.61 Å². The van der Waals surface area contributed by atoms with Crippen LogP contribution >= 0.6 is 0 Å². The Morgan fingerprint density at radius 2 is 2.12 bits per heavy atom. The van der Waals surface area contributed by atoms with Gasteiger partial charge >= 0.3 is 0 Å². The fourth-order valence-electron chi connectivity index (χ4n) is 1.59. The van der Waals surface area contributed by atoms with E-state index < -0.39 is 0 Å². The van der Waals surface area contributed by atoms with E-state index in [2.05, 4.69) is 4.99 Å². The highest BCUT2D eigenvalue weighted by Gasteiger charge is 1.99. The van der Waals surface area contributed by atoms with E-state index in [-0.39, 0.29) is 0 Å². The molecule has 1 aromatic carbocycles. The summed E-state index contributed by atoms with van der Waals surface area (Å²) >= 11 is 0. The molecule has 0 amide bonds. The van der Waals surface area contributed by atoms with Crippen LogP contribution in [0.3, 0.4) is 0 Å². The third-order valence-electron chi connectivity index (χ3n) is 2.37. The minimum absolute atomic E-state index is 0.651. The second kappa shape index (κ2) is 5.34. The van der Waals surface area contributed by atoms with Gasteiger partial charge in [-0.2, -0.15) is 0 Å². The maximum absolute atomic E-state index is 5.51. The van der Waals surface area contributed by atoms with E-state index in [1.54, 1.807) is 0 Å². The van der Waals surface area contributed by atoms with Crippen molar-refractivity contribution >= 4 is 11.9 Å². The molecule has 3 heteroatoms. The van der Waals surface area contributed by atoms with Crippen molar-refractivity contribution in [1.82, 2.24) is 4.57 Å². The van der Waals surface area contributed by atoms with Crippen molar-refractivity contribution in [3.05, 3.63) is 48.3 Å². The first kappa shape index (κ1) is 11.5. The Hall–Kier alpha value is -2.03. The van der Waals surface area contributed by atoms with Crippen molar-refractivity contribution in [2.75, 3.05) is 6.61 Å². The molecule has 2 rings (SSSR count). The number of hydrogen-bond donors (Lipinski definition) is 0. The van der Waals surface area contributed by atoms with E-state index in [4.69, 9.17) is 4.74 Å². The van der Waals surface area contributed by atoms with Gasteiger partial charge < -0.3 is 9.30 Å². The summed E-state index contributed by atoms with van der Waals surface area (Å²) in [4.78, 5) is 4.45. The van der Waals surface area contributed by atoms with E-state index >= 15 is 0 Å². The average molecular weight is 228 g/mol. The van der Waals surface area contributed by atoms with Gasteiger partial charge in [-0.1, -0.05) is 12.1 Å². The summed E-state index contributed by atoms with van der Waals surface area (Å²) in [7, 11) is 1.99. The number of nitrogens with zero attached hydrogens (tertiary/aromatic N) is 2. The molecule has 0 radical (unpaired) electrons. The van der Waals surface area contributed by atoms with Crippen LogP contribution in [0.1, 0.15) is 12.5 Å². The van der Waals surface area contributed by atoms with Crippen LogP contribution in [-0.2, 0) is 7.05 Å². The van der Waals surface area contributed by atoms with Crippen molar-refractivity contribution in [3.8, 4) is 5.75 Å². The maximum Gasteiger partial charge on any atom is 0.144 e. The Bertz CT molecular complexity index is 514. The first-order valence-electron chi connectivity index (χ1n) is 5.67. The molecule has 2 aromatic rings. The van der Waals surface area contributed by atoms with Crippen molar-refractivity contribution in [2.24, 2.45) is 12.0 Å². The van der Waals surface area contributed by atoms with E-state index in [9.17, 15) is 0 Å². The van der Waals surface area contributed by atoms with Crippen molar-refractivity contribution in [1.29, 1.82) is 0 Å². The average Bonchev–Trinajstić information content (AvgIpc) is 2.74. The van der Waals surface area contributed by atoms with Crippen molar-refractivity contribution < 1.29 is 4.74 Å². The number of aliphatic imine (C=N–C) groups is 1. The van der Waals surface area contributed by atoms with Gasteiger partial charge in [0.15, 0.2) is 0 Å².